The Kier molecular flexibility index (Phi) is 8.42. The van der Waals surface area contributed by atoms with E-state index in [1.807, 2.05) is 18.3 Å². The SMILES string of the molecule is CC(C)c1c(CN[C@@H]2CCCOC2)cnc2ccc(C3=IC(=N[C@@H]4CCOC[C@@H]4O)NC=C3F)cc12. The van der Waals surface area contributed by atoms with Crippen LogP contribution in [0.25, 0.3) is 10.9 Å². The molecule has 3 aliphatic heterocycles. The van der Waals surface area contributed by atoms with Crippen LogP contribution in [0.5, 0.6) is 0 Å². The molecule has 0 saturated carbocycles. The number of fused-ring (bicyclic) bond motifs is 1. The molecule has 9 heteroatoms. The van der Waals surface area contributed by atoms with E-state index in [0.717, 1.165) is 52.9 Å². The molecule has 4 heterocycles. The average Bonchev–Trinajstić information content (AvgIpc) is 2.89. The lowest BCUT2D eigenvalue weighted by atomic mass is 9.92. The van der Waals surface area contributed by atoms with E-state index in [9.17, 15) is 5.11 Å². The summed E-state index contributed by atoms with van der Waals surface area (Å²) < 4.78 is 27.5. The Morgan fingerprint density at radius 3 is 2.89 bits per heavy atom. The van der Waals surface area contributed by atoms with Crippen LogP contribution in [0.1, 0.15) is 55.7 Å². The van der Waals surface area contributed by atoms with E-state index in [1.165, 1.54) is 17.3 Å². The maximum atomic E-state index is 15.1. The second kappa shape index (κ2) is 11.7. The molecule has 0 aliphatic carbocycles. The second-order valence-electron chi connectivity index (χ2n) is 9.84. The minimum Gasteiger partial charge on any atom is -0.388 e. The van der Waals surface area contributed by atoms with Gasteiger partial charge in [-0.05, 0) is 74.7 Å². The van der Waals surface area contributed by atoms with Gasteiger partial charge in [0.05, 0.1) is 34.4 Å². The highest BCUT2D eigenvalue weighted by molar-refractivity contribution is 14.2. The molecule has 3 aliphatic rings. The molecule has 0 unspecified atom stereocenters. The third-order valence-electron chi connectivity index (χ3n) is 6.85. The van der Waals surface area contributed by atoms with Crippen molar-refractivity contribution in [2.45, 2.75) is 63.8 Å². The van der Waals surface area contributed by atoms with Crippen molar-refractivity contribution in [2.24, 2.45) is 4.99 Å². The molecule has 2 fully saturated rings. The number of rotatable bonds is 6. The lowest BCUT2D eigenvalue weighted by Crippen LogP contribution is -2.36. The van der Waals surface area contributed by atoms with E-state index in [1.54, 1.807) is 0 Å². The minimum absolute atomic E-state index is 0.213. The Hall–Kier alpha value is -1.79. The predicted molar refractivity (Wildman–Crippen MR) is 150 cm³/mol. The Bertz CT molecular complexity index is 1190. The summed E-state index contributed by atoms with van der Waals surface area (Å²) in [6.07, 6.45) is 5.62. The summed E-state index contributed by atoms with van der Waals surface area (Å²) in [5, 5.41) is 18.0. The molecular weight excluding hydrogens is 574 g/mol. The molecule has 36 heavy (non-hydrogen) atoms. The van der Waals surface area contributed by atoms with Gasteiger partial charge in [-0.15, -0.1) is 0 Å². The first-order chi connectivity index (χ1) is 17.5. The number of aromatic nitrogens is 1. The molecule has 0 amide bonds. The fourth-order valence-corrected chi connectivity index (χ4v) is 7.36. The summed E-state index contributed by atoms with van der Waals surface area (Å²) in [6, 6.07) is 6.20. The minimum atomic E-state index is -0.875. The number of aliphatic hydroxyl groups is 1. The molecule has 5 rings (SSSR count). The monoisotopic (exact) mass is 608 g/mol. The van der Waals surface area contributed by atoms with Crippen molar-refractivity contribution in [3.05, 3.63) is 53.1 Å². The van der Waals surface area contributed by atoms with E-state index in [2.05, 4.69) is 30.5 Å². The highest BCUT2D eigenvalue weighted by Crippen LogP contribution is 2.31. The third kappa shape index (κ3) is 5.85. The normalized spacial score (nSPS) is 26.4. The van der Waals surface area contributed by atoms with Gasteiger partial charge in [-0.2, -0.15) is 0 Å². The lowest BCUT2D eigenvalue weighted by Gasteiger charge is -2.25. The van der Waals surface area contributed by atoms with E-state index < -0.39 is 26.8 Å². The van der Waals surface area contributed by atoms with Crippen molar-refractivity contribution < 1.29 is 19.0 Å². The second-order valence-corrected chi connectivity index (χ2v) is 12.5. The summed E-state index contributed by atoms with van der Waals surface area (Å²) in [6.45, 7) is 7.60. The van der Waals surface area contributed by atoms with E-state index in [0.29, 0.717) is 35.1 Å². The zero-order chi connectivity index (χ0) is 25.1. The molecule has 0 spiro atoms. The number of hydrogen-bond acceptors (Lipinski definition) is 6. The van der Waals surface area contributed by atoms with Crippen molar-refractivity contribution in [3.63, 3.8) is 0 Å². The number of ether oxygens (including phenoxy) is 2. The number of halogens is 2. The molecule has 1 aromatic heterocycles. The van der Waals surface area contributed by atoms with Crippen LogP contribution in [0, 0.1) is 0 Å². The van der Waals surface area contributed by atoms with Crippen molar-refractivity contribution in [1.29, 1.82) is 0 Å². The fraction of sp³-hybridized carbons (Fsp3) is 0.519. The molecule has 3 atom stereocenters. The van der Waals surface area contributed by atoms with Gasteiger partial charge in [0.1, 0.15) is 0 Å². The molecule has 194 valence electrons. The predicted octanol–water partition coefficient (Wildman–Crippen LogP) is 4.04. The summed E-state index contributed by atoms with van der Waals surface area (Å²) >= 11 is -0.875. The van der Waals surface area contributed by atoms with E-state index in [4.69, 9.17) is 19.5 Å². The number of benzene rings is 1. The molecule has 2 aromatic rings. The van der Waals surface area contributed by atoms with Crippen LogP contribution in [0.4, 0.5) is 4.39 Å². The third-order valence-corrected chi connectivity index (χ3v) is 9.62. The number of allylic oxidation sites excluding steroid dienone is 1. The van der Waals surface area contributed by atoms with Crippen LogP contribution in [0.2, 0.25) is 0 Å². The largest absolute Gasteiger partial charge is 0.388 e. The number of nitrogens with one attached hydrogen (secondary N) is 2. The molecule has 2 saturated heterocycles. The van der Waals surface area contributed by atoms with Crippen LogP contribution in [0.15, 0.2) is 41.4 Å². The van der Waals surface area contributed by atoms with Crippen molar-refractivity contribution in [2.75, 3.05) is 26.4 Å². The van der Waals surface area contributed by atoms with Gasteiger partial charge in [-0.25, -0.2) is 4.39 Å². The zero-order valence-corrected chi connectivity index (χ0v) is 22.9. The molecule has 0 radical (unpaired) electrons. The number of pyridine rings is 1. The van der Waals surface area contributed by atoms with Gasteiger partial charge in [-0.3, -0.25) is 9.98 Å². The van der Waals surface area contributed by atoms with Gasteiger partial charge in [0.25, 0.3) is 0 Å². The first kappa shape index (κ1) is 25.8. The molecule has 0 bridgehead atoms. The van der Waals surface area contributed by atoms with Gasteiger partial charge >= 0.3 is 0 Å². The number of aliphatic imine (C=N–C) groups is 1. The van der Waals surface area contributed by atoms with Crippen LogP contribution in [0.3, 0.4) is 0 Å². The van der Waals surface area contributed by atoms with Gasteiger partial charge in [0, 0.05) is 43.6 Å². The van der Waals surface area contributed by atoms with Crippen molar-refractivity contribution in [1.82, 2.24) is 15.6 Å². The number of nitrogens with zero attached hydrogens (tertiary/aromatic N) is 2. The Labute approximate surface area is 221 Å². The smallest absolute Gasteiger partial charge is 0.159 e. The van der Waals surface area contributed by atoms with Crippen LogP contribution in [-0.4, -0.2) is 62.1 Å². The van der Waals surface area contributed by atoms with Crippen molar-refractivity contribution >= 4 is 39.0 Å². The molecular formula is C27H34FIN4O3. The van der Waals surface area contributed by atoms with Gasteiger partial charge in [-0.1, -0.05) is 19.9 Å². The van der Waals surface area contributed by atoms with Crippen LogP contribution >= 0.6 is 20.7 Å². The van der Waals surface area contributed by atoms with Crippen LogP contribution in [-0.2, 0) is 16.0 Å². The molecule has 1 aromatic carbocycles. The van der Waals surface area contributed by atoms with E-state index >= 15 is 4.39 Å². The van der Waals surface area contributed by atoms with Gasteiger partial charge in [0.15, 0.2) is 9.67 Å². The standard InChI is InChI=1S/C27H34FIN4O3/c1-16(2)25-18(11-30-19-4-3-8-35-14-19)12-31-22-6-5-17(10-20(22)25)26-21(28)13-32-27(29-26)33-23-7-9-36-15-24(23)34/h5-6,10,12-13,16,19,23-24,30,34H,3-4,7-9,11,14-15H2,1-2H3,(H,32,33)/t19-,23-,24+/m1/s1. The topological polar surface area (TPSA) is 88.0 Å². The van der Waals surface area contributed by atoms with Gasteiger partial charge in [0.2, 0.25) is 0 Å². The Morgan fingerprint density at radius 1 is 1.25 bits per heavy atom. The zero-order valence-electron chi connectivity index (χ0n) is 20.8. The quantitative estimate of drug-likeness (QED) is 0.339. The summed E-state index contributed by atoms with van der Waals surface area (Å²) in [7, 11) is 0. The molecule has 7 nitrogen and oxygen atoms in total. The Morgan fingerprint density at radius 2 is 2.11 bits per heavy atom. The number of amidine groups is 1. The summed E-state index contributed by atoms with van der Waals surface area (Å²) in [5.74, 6) is 0.0493. The first-order valence-corrected chi connectivity index (χ1v) is 14.9. The highest BCUT2D eigenvalue weighted by atomic mass is 127. The maximum absolute atomic E-state index is 15.1. The lowest BCUT2D eigenvalue weighted by molar-refractivity contribution is -0.0176. The van der Waals surface area contributed by atoms with E-state index in [-0.39, 0.29) is 11.9 Å². The summed E-state index contributed by atoms with van der Waals surface area (Å²) in [5.41, 5.74) is 4.23. The van der Waals surface area contributed by atoms with Gasteiger partial charge < -0.3 is 25.2 Å². The number of hydrogen-bond donors (Lipinski definition) is 3. The highest BCUT2D eigenvalue weighted by Gasteiger charge is 2.25. The number of aliphatic hydroxyl groups excluding tert-OH is 1. The fourth-order valence-electron chi connectivity index (χ4n) is 4.98. The first-order valence-electron chi connectivity index (χ1n) is 12.7. The molecule has 3 N–H and O–H groups in total. The van der Waals surface area contributed by atoms with Crippen molar-refractivity contribution in [3.8, 4) is 0 Å². The average molecular weight is 608 g/mol. The Balaban J connectivity index is 1.47. The maximum Gasteiger partial charge on any atom is 0.159 e. The van der Waals surface area contributed by atoms with Crippen LogP contribution < -0.4 is 10.6 Å². The summed E-state index contributed by atoms with van der Waals surface area (Å²) in [4.78, 5) is 9.48.